The molecular weight excluding hydrogens is 406 g/mol. The van der Waals surface area contributed by atoms with Gasteiger partial charge in [-0.2, -0.15) is 5.10 Å². The third-order valence-electron chi connectivity index (χ3n) is 5.76. The molecule has 1 aromatic carbocycles. The molecule has 1 aliphatic heterocycles. The molecule has 0 bridgehead atoms. The number of carbonyl (C=O) groups excluding carboxylic acids is 2. The number of amides is 2. The minimum Gasteiger partial charge on any atom is -0.399 e. The molecule has 0 radical (unpaired) electrons. The number of nitrogens with two attached hydrogens (primary N) is 1. The monoisotopic (exact) mass is 431 g/mol. The van der Waals surface area contributed by atoms with Crippen molar-refractivity contribution in [1.82, 2.24) is 20.4 Å². The first-order valence-electron chi connectivity index (χ1n) is 10.1. The number of nitrogens with zero attached hydrogens (tertiary/aromatic N) is 2. The Labute approximate surface area is 180 Å². The van der Waals surface area contributed by atoms with Gasteiger partial charge in [0, 0.05) is 18.3 Å². The first-order valence-corrected chi connectivity index (χ1v) is 10.1. The van der Waals surface area contributed by atoms with Gasteiger partial charge in [-0.05, 0) is 67.9 Å². The Bertz CT molecular complexity index is 972. The highest BCUT2D eigenvalue weighted by molar-refractivity contribution is 5.96. The van der Waals surface area contributed by atoms with Gasteiger partial charge in [0.05, 0.1) is 6.04 Å². The number of anilines is 1. The smallest absolute Gasteiger partial charge is 0.274 e. The molecule has 4 rings (SSSR count). The molecule has 0 spiro atoms. The molecule has 160 valence electrons. The lowest BCUT2D eigenvalue weighted by molar-refractivity contribution is -0.127. The van der Waals surface area contributed by atoms with Crippen molar-refractivity contribution < 1.29 is 9.59 Å². The van der Waals surface area contributed by atoms with E-state index in [1.807, 2.05) is 18.2 Å². The molecule has 0 saturated carbocycles. The molecule has 1 aromatic heterocycles. The minimum absolute atomic E-state index is 0. The molecule has 1 fully saturated rings. The van der Waals surface area contributed by atoms with Gasteiger partial charge in [0.1, 0.15) is 11.7 Å². The van der Waals surface area contributed by atoms with Crippen LogP contribution in [0.3, 0.4) is 0 Å². The number of aromatic nitrogens is 2. The Hall–Kier alpha value is -2.87. The molecule has 2 unspecified atom stereocenters. The normalized spacial score (nSPS) is 20.6. The summed E-state index contributed by atoms with van der Waals surface area (Å²) in [7, 11) is 0. The summed E-state index contributed by atoms with van der Waals surface area (Å²) in [5.41, 5.74) is 8.69. The maximum Gasteiger partial charge on any atom is 0.274 e. The van der Waals surface area contributed by atoms with Crippen molar-refractivity contribution in [2.45, 2.75) is 50.6 Å². The number of benzene rings is 1. The number of carbonyl (C=O) groups is 2. The largest absolute Gasteiger partial charge is 0.399 e. The number of piperidine rings is 1. The van der Waals surface area contributed by atoms with Gasteiger partial charge in [-0.1, -0.05) is 6.07 Å². The molecule has 2 aliphatic rings. The van der Waals surface area contributed by atoms with Crippen molar-refractivity contribution in [3.05, 3.63) is 57.5 Å². The predicted molar refractivity (Wildman–Crippen MR) is 115 cm³/mol. The van der Waals surface area contributed by atoms with E-state index in [4.69, 9.17) is 5.73 Å². The summed E-state index contributed by atoms with van der Waals surface area (Å²) in [6.45, 7) is 0.496. The van der Waals surface area contributed by atoms with Crippen LogP contribution in [0.1, 0.15) is 59.8 Å². The van der Waals surface area contributed by atoms with Crippen LogP contribution in [0.15, 0.2) is 35.1 Å². The third kappa shape index (κ3) is 4.48. The Morgan fingerprint density at radius 1 is 1.13 bits per heavy atom. The maximum absolute atomic E-state index is 13.1. The summed E-state index contributed by atoms with van der Waals surface area (Å²) < 4.78 is 0. The first kappa shape index (κ1) is 21.8. The van der Waals surface area contributed by atoms with Crippen LogP contribution in [-0.2, 0) is 11.2 Å². The number of hydrogen-bond acceptors (Lipinski definition) is 5. The Kier molecular flexibility index (Phi) is 6.77. The molecule has 2 aromatic rings. The zero-order valence-corrected chi connectivity index (χ0v) is 17.4. The van der Waals surface area contributed by atoms with Crippen LogP contribution >= 0.6 is 12.4 Å². The van der Waals surface area contributed by atoms with Crippen LogP contribution in [0.25, 0.3) is 0 Å². The standard InChI is InChI=1S/C21H25N5O3.ClH/c22-14-7-8-15-13(12-14)4-3-5-16(15)23-20(28)18-6-1-2-11-26(18)21(29)17-9-10-19(27)25-24-17;/h7-10,12,16,18H,1-6,11,22H2,(H,23,28)(H,25,27);1H. The van der Waals surface area contributed by atoms with Crippen LogP contribution < -0.4 is 16.6 Å². The SMILES string of the molecule is Cl.Nc1ccc2c(c1)CCCC2NC(=O)C1CCCCN1C(=O)c1ccc(=O)[nH]n1. The number of nitrogen functional groups attached to an aromatic ring is 1. The lowest BCUT2D eigenvalue weighted by Gasteiger charge is -2.36. The summed E-state index contributed by atoms with van der Waals surface area (Å²) in [5.74, 6) is -0.477. The van der Waals surface area contributed by atoms with Gasteiger partial charge in [0.25, 0.3) is 11.5 Å². The fourth-order valence-electron chi connectivity index (χ4n) is 4.31. The number of H-pyrrole nitrogens is 1. The molecule has 2 heterocycles. The summed E-state index contributed by atoms with van der Waals surface area (Å²) >= 11 is 0. The Balaban J connectivity index is 0.00000256. The number of aromatic amines is 1. The number of fused-ring (bicyclic) bond motifs is 1. The molecular formula is C21H26ClN5O3. The number of rotatable bonds is 3. The molecule has 4 N–H and O–H groups in total. The van der Waals surface area contributed by atoms with E-state index in [0.29, 0.717) is 13.0 Å². The summed E-state index contributed by atoms with van der Waals surface area (Å²) in [4.78, 5) is 38.8. The lowest BCUT2D eigenvalue weighted by atomic mass is 9.87. The summed E-state index contributed by atoms with van der Waals surface area (Å²) in [5, 5.41) is 9.27. The van der Waals surface area contributed by atoms with Gasteiger partial charge in [-0.25, -0.2) is 5.10 Å². The molecule has 2 amide bonds. The number of aryl methyl sites for hydroxylation is 1. The van der Waals surface area contributed by atoms with E-state index in [1.54, 1.807) is 4.90 Å². The highest BCUT2D eigenvalue weighted by atomic mass is 35.5. The van der Waals surface area contributed by atoms with Crippen molar-refractivity contribution in [3.63, 3.8) is 0 Å². The zero-order chi connectivity index (χ0) is 20.4. The maximum atomic E-state index is 13.1. The van der Waals surface area contributed by atoms with Crippen molar-refractivity contribution in [3.8, 4) is 0 Å². The molecule has 30 heavy (non-hydrogen) atoms. The molecule has 1 aliphatic carbocycles. The van der Waals surface area contributed by atoms with E-state index in [9.17, 15) is 14.4 Å². The van der Waals surface area contributed by atoms with Crippen LogP contribution in [0.4, 0.5) is 5.69 Å². The van der Waals surface area contributed by atoms with Crippen LogP contribution in [-0.4, -0.2) is 39.5 Å². The third-order valence-corrected chi connectivity index (χ3v) is 5.76. The molecule has 2 atom stereocenters. The average molecular weight is 432 g/mol. The summed E-state index contributed by atoms with van der Waals surface area (Å²) in [6.07, 6.45) is 5.14. The second-order valence-electron chi connectivity index (χ2n) is 7.73. The number of halogens is 1. The topological polar surface area (TPSA) is 121 Å². The lowest BCUT2D eigenvalue weighted by Crippen LogP contribution is -2.52. The highest BCUT2D eigenvalue weighted by Gasteiger charge is 2.35. The first-order chi connectivity index (χ1) is 14.0. The van der Waals surface area contributed by atoms with E-state index in [1.165, 1.54) is 17.7 Å². The van der Waals surface area contributed by atoms with Crippen molar-refractivity contribution in [2.75, 3.05) is 12.3 Å². The van der Waals surface area contributed by atoms with E-state index < -0.39 is 6.04 Å². The second kappa shape index (κ2) is 9.30. The van der Waals surface area contributed by atoms with Gasteiger partial charge in [-0.15, -0.1) is 12.4 Å². The van der Waals surface area contributed by atoms with Crippen LogP contribution in [0.5, 0.6) is 0 Å². The van der Waals surface area contributed by atoms with E-state index in [-0.39, 0.29) is 41.5 Å². The van der Waals surface area contributed by atoms with Gasteiger partial charge >= 0.3 is 0 Å². The number of likely N-dealkylation sites (tertiary alicyclic amines) is 1. The van der Waals surface area contributed by atoms with E-state index in [2.05, 4.69) is 15.5 Å². The highest BCUT2D eigenvalue weighted by Crippen LogP contribution is 2.31. The zero-order valence-electron chi connectivity index (χ0n) is 16.6. The molecule has 9 heteroatoms. The number of nitrogens with one attached hydrogen (secondary N) is 2. The Morgan fingerprint density at radius 3 is 2.73 bits per heavy atom. The van der Waals surface area contributed by atoms with Crippen molar-refractivity contribution in [2.24, 2.45) is 0 Å². The van der Waals surface area contributed by atoms with Gasteiger partial charge < -0.3 is 16.0 Å². The fourth-order valence-corrected chi connectivity index (χ4v) is 4.31. The molecule has 8 nitrogen and oxygen atoms in total. The van der Waals surface area contributed by atoms with Crippen molar-refractivity contribution in [1.29, 1.82) is 0 Å². The minimum atomic E-state index is -0.538. The van der Waals surface area contributed by atoms with Crippen LogP contribution in [0.2, 0.25) is 0 Å². The molecule has 1 saturated heterocycles. The fraction of sp³-hybridized carbons (Fsp3) is 0.429. The van der Waals surface area contributed by atoms with Gasteiger partial charge in [-0.3, -0.25) is 14.4 Å². The van der Waals surface area contributed by atoms with E-state index in [0.717, 1.165) is 43.4 Å². The van der Waals surface area contributed by atoms with Gasteiger partial charge in [0.15, 0.2) is 0 Å². The van der Waals surface area contributed by atoms with Gasteiger partial charge in [0.2, 0.25) is 5.91 Å². The summed E-state index contributed by atoms with van der Waals surface area (Å²) in [6, 6.07) is 7.88. The van der Waals surface area contributed by atoms with Crippen LogP contribution in [0, 0.1) is 0 Å². The average Bonchev–Trinajstić information content (AvgIpc) is 2.73. The Morgan fingerprint density at radius 2 is 1.97 bits per heavy atom. The number of hydrogen-bond donors (Lipinski definition) is 3. The quantitative estimate of drug-likeness (QED) is 0.641. The second-order valence-corrected chi connectivity index (χ2v) is 7.73. The predicted octanol–water partition coefficient (Wildman–Crippen LogP) is 1.96. The van der Waals surface area contributed by atoms with Crippen molar-refractivity contribution >= 4 is 29.9 Å². The van der Waals surface area contributed by atoms with E-state index >= 15 is 0 Å².